The molecule has 17 heavy (non-hydrogen) atoms. The van der Waals surface area contributed by atoms with Crippen molar-refractivity contribution in [3.8, 4) is 11.8 Å². The molecule has 0 aliphatic rings. The van der Waals surface area contributed by atoms with E-state index in [0.717, 1.165) is 18.5 Å². The van der Waals surface area contributed by atoms with Gasteiger partial charge in [-0.2, -0.15) is 10.4 Å². The van der Waals surface area contributed by atoms with Crippen molar-refractivity contribution in [2.75, 3.05) is 5.88 Å². The average Bonchev–Trinajstić information content (AvgIpc) is 2.85. The zero-order valence-corrected chi connectivity index (χ0v) is 10.1. The highest BCUT2D eigenvalue weighted by Crippen LogP contribution is 2.11. The van der Waals surface area contributed by atoms with E-state index in [1.165, 1.54) is 5.56 Å². The van der Waals surface area contributed by atoms with E-state index in [2.05, 4.69) is 11.2 Å². The molecule has 0 saturated heterocycles. The van der Waals surface area contributed by atoms with Crippen molar-refractivity contribution < 1.29 is 0 Å². The van der Waals surface area contributed by atoms with Gasteiger partial charge in [-0.05, 0) is 42.7 Å². The van der Waals surface area contributed by atoms with Gasteiger partial charge in [-0.15, -0.1) is 11.6 Å². The third-order valence-electron chi connectivity index (χ3n) is 2.50. The molecular weight excluding hydrogens is 234 g/mol. The lowest BCUT2D eigenvalue weighted by Gasteiger charge is -2.00. The van der Waals surface area contributed by atoms with Crippen LogP contribution in [0, 0.1) is 11.3 Å². The van der Waals surface area contributed by atoms with E-state index < -0.39 is 0 Å². The third-order valence-corrected chi connectivity index (χ3v) is 2.76. The Balaban J connectivity index is 2.16. The molecule has 0 spiro atoms. The van der Waals surface area contributed by atoms with Gasteiger partial charge in [0.25, 0.3) is 0 Å². The Kier molecular flexibility index (Phi) is 3.79. The summed E-state index contributed by atoms with van der Waals surface area (Å²) in [7, 11) is 0. The molecule has 0 saturated carbocycles. The van der Waals surface area contributed by atoms with Crippen molar-refractivity contribution >= 4 is 11.6 Å². The molecule has 0 atom stereocenters. The maximum absolute atomic E-state index is 8.72. The predicted octanol–water partition coefficient (Wildman–Crippen LogP) is 2.92. The minimum Gasteiger partial charge on any atom is -0.241 e. The van der Waals surface area contributed by atoms with Crippen LogP contribution in [0.25, 0.3) is 5.69 Å². The first-order valence-corrected chi connectivity index (χ1v) is 5.97. The van der Waals surface area contributed by atoms with Gasteiger partial charge in [0.2, 0.25) is 0 Å². The molecule has 0 aliphatic carbocycles. The monoisotopic (exact) mass is 245 g/mol. The summed E-state index contributed by atoms with van der Waals surface area (Å²) in [6.45, 7) is 0. The van der Waals surface area contributed by atoms with E-state index in [1.54, 1.807) is 12.1 Å². The summed E-state index contributed by atoms with van der Waals surface area (Å²) in [6, 6.07) is 9.44. The highest BCUT2D eigenvalue weighted by Gasteiger charge is 2.01. The van der Waals surface area contributed by atoms with E-state index in [0.29, 0.717) is 11.4 Å². The number of aromatic nitrogens is 2. The molecule has 3 nitrogen and oxygen atoms in total. The Morgan fingerprint density at radius 2 is 2.06 bits per heavy atom. The van der Waals surface area contributed by atoms with E-state index in [9.17, 15) is 0 Å². The Bertz CT molecular complexity index is 522. The molecular formula is C13H12ClN3. The first-order chi connectivity index (χ1) is 8.33. The van der Waals surface area contributed by atoms with Crippen LogP contribution < -0.4 is 0 Å². The quantitative estimate of drug-likeness (QED) is 0.778. The fourth-order valence-electron chi connectivity index (χ4n) is 1.59. The van der Waals surface area contributed by atoms with Gasteiger partial charge in [0.05, 0.1) is 23.5 Å². The van der Waals surface area contributed by atoms with Crippen molar-refractivity contribution in [2.45, 2.75) is 12.8 Å². The minimum absolute atomic E-state index is 0.656. The maximum atomic E-state index is 8.72. The maximum Gasteiger partial charge on any atom is 0.0991 e. The zero-order chi connectivity index (χ0) is 12.1. The summed E-state index contributed by atoms with van der Waals surface area (Å²) in [5.41, 5.74) is 2.79. The highest BCUT2D eigenvalue weighted by molar-refractivity contribution is 6.17. The number of alkyl halides is 1. The second-order valence-electron chi connectivity index (χ2n) is 3.74. The van der Waals surface area contributed by atoms with Crippen molar-refractivity contribution in [3.63, 3.8) is 0 Å². The van der Waals surface area contributed by atoms with E-state index in [1.807, 2.05) is 29.2 Å². The molecule has 0 radical (unpaired) electrons. The molecule has 4 heteroatoms. The number of aryl methyl sites for hydroxylation is 1. The fraction of sp³-hybridized carbons (Fsp3) is 0.231. The molecule has 0 N–H and O–H groups in total. The van der Waals surface area contributed by atoms with Crippen LogP contribution in [0.5, 0.6) is 0 Å². The van der Waals surface area contributed by atoms with Gasteiger partial charge in [-0.1, -0.05) is 0 Å². The number of hydrogen-bond acceptors (Lipinski definition) is 2. The summed E-state index contributed by atoms with van der Waals surface area (Å²) < 4.78 is 1.81. The van der Waals surface area contributed by atoms with Crippen LogP contribution in [0.1, 0.15) is 17.5 Å². The zero-order valence-electron chi connectivity index (χ0n) is 9.31. The molecule has 0 bridgehead atoms. The van der Waals surface area contributed by atoms with Crippen LogP contribution in [-0.4, -0.2) is 15.7 Å². The van der Waals surface area contributed by atoms with Gasteiger partial charge in [-0.3, -0.25) is 0 Å². The van der Waals surface area contributed by atoms with Crippen LogP contribution >= 0.6 is 11.6 Å². The molecule has 1 heterocycles. The number of nitriles is 1. The number of hydrogen-bond donors (Lipinski definition) is 0. The van der Waals surface area contributed by atoms with Gasteiger partial charge in [0, 0.05) is 12.1 Å². The molecule has 86 valence electrons. The largest absolute Gasteiger partial charge is 0.241 e. The molecule has 0 unspecified atom stereocenters. The lowest BCUT2D eigenvalue weighted by atomic mass is 10.2. The SMILES string of the molecule is N#Cc1ccc(-n2cc(CCCCl)cn2)cc1. The topological polar surface area (TPSA) is 41.6 Å². The Labute approximate surface area is 105 Å². The lowest BCUT2D eigenvalue weighted by molar-refractivity contribution is 0.877. The van der Waals surface area contributed by atoms with Gasteiger partial charge in [0.1, 0.15) is 0 Å². The van der Waals surface area contributed by atoms with Crippen LogP contribution in [0.3, 0.4) is 0 Å². The molecule has 2 rings (SSSR count). The first kappa shape index (κ1) is 11.7. The second-order valence-corrected chi connectivity index (χ2v) is 4.12. The van der Waals surface area contributed by atoms with Crippen molar-refractivity contribution in [1.82, 2.24) is 9.78 Å². The lowest BCUT2D eigenvalue weighted by Crippen LogP contribution is -1.93. The average molecular weight is 246 g/mol. The molecule has 1 aromatic heterocycles. The number of rotatable bonds is 4. The number of nitrogens with zero attached hydrogens (tertiary/aromatic N) is 3. The normalized spacial score (nSPS) is 10.1. The smallest absolute Gasteiger partial charge is 0.0991 e. The number of benzene rings is 1. The summed E-state index contributed by atoms with van der Waals surface area (Å²) >= 11 is 5.65. The van der Waals surface area contributed by atoms with E-state index in [4.69, 9.17) is 16.9 Å². The molecule has 0 fully saturated rings. The predicted molar refractivity (Wildman–Crippen MR) is 67.3 cm³/mol. The second kappa shape index (κ2) is 5.51. The van der Waals surface area contributed by atoms with Crippen LogP contribution in [0.2, 0.25) is 0 Å². The van der Waals surface area contributed by atoms with E-state index >= 15 is 0 Å². The van der Waals surface area contributed by atoms with Gasteiger partial charge in [-0.25, -0.2) is 4.68 Å². The van der Waals surface area contributed by atoms with Crippen LogP contribution in [-0.2, 0) is 6.42 Å². The molecule has 2 aromatic rings. The Morgan fingerprint density at radius 1 is 1.29 bits per heavy atom. The number of halogens is 1. The van der Waals surface area contributed by atoms with Gasteiger partial charge >= 0.3 is 0 Å². The van der Waals surface area contributed by atoms with Crippen molar-refractivity contribution in [2.24, 2.45) is 0 Å². The minimum atomic E-state index is 0.656. The van der Waals surface area contributed by atoms with Crippen molar-refractivity contribution in [1.29, 1.82) is 5.26 Å². The summed E-state index contributed by atoms with van der Waals surface area (Å²) in [5.74, 6) is 0.669. The Hall–Kier alpha value is -1.79. The molecule has 0 amide bonds. The van der Waals surface area contributed by atoms with E-state index in [-0.39, 0.29) is 0 Å². The van der Waals surface area contributed by atoms with Crippen LogP contribution in [0.15, 0.2) is 36.7 Å². The highest BCUT2D eigenvalue weighted by atomic mass is 35.5. The van der Waals surface area contributed by atoms with Gasteiger partial charge < -0.3 is 0 Å². The molecule has 1 aromatic carbocycles. The summed E-state index contributed by atoms with van der Waals surface area (Å²) in [5, 5.41) is 13.0. The van der Waals surface area contributed by atoms with Gasteiger partial charge in [0.15, 0.2) is 0 Å². The molecule has 0 aliphatic heterocycles. The van der Waals surface area contributed by atoms with Crippen LogP contribution in [0.4, 0.5) is 0 Å². The standard InChI is InChI=1S/C13H12ClN3/c14-7-1-2-12-9-16-17(10-12)13-5-3-11(8-15)4-6-13/h3-6,9-10H,1-2,7H2. The van der Waals surface area contributed by atoms with Crippen molar-refractivity contribution in [3.05, 3.63) is 47.8 Å². The summed E-state index contributed by atoms with van der Waals surface area (Å²) in [6.07, 6.45) is 5.75. The first-order valence-electron chi connectivity index (χ1n) is 5.43. The fourth-order valence-corrected chi connectivity index (χ4v) is 1.72. The Morgan fingerprint density at radius 3 is 2.71 bits per heavy atom. The summed E-state index contributed by atoms with van der Waals surface area (Å²) in [4.78, 5) is 0. The third kappa shape index (κ3) is 2.86.